The maximum absolute atomic E-state index is 10.6. The monoisotopic (exact) mass is 322 g/mol. The molecule has 0 amide bonds. The summed E-state index contributed by atoms with van der Waals surface area (Å²) in [6.07, 6.45) is 5.40. The minimum absolute atomic E-state index is 0.505. The average molecular weight is 322 g/mol. The molecular formula is C21H22O3. The molecule has 1 fully saturated rings. The van der Waals surface area contributed by atoms with Crippen molar-refractivity contribution < 1.29 is 14.6 Å². The molecule has 0 atom stereocenters. The molecule has 24 heavy (non-hydrogen) atoms. The molecule has 2 aromatic rings. The number of hydrogen-bond donors (Lipinski definition) is 1. The van der Waals surface area contributed by atoms with Crippen molar-refractivity contribution in [2.24, 2.45) is 0 Å². The lowest BCUT2D eigenvalue weighted by Gasteiger charge is -2.08. The van der Waals surface area contributed by atoms with Crippen LogP contribution in [0.1, 0.15) is 24.0 Å². The largest absolute Gasteiger partial charge is 0.497 e. The molecule has 2 aromatic carbocycles. The number of rotatable bonds is 4. The second kappa shape index (κ2) is 7.37. The number of benzene rings is 2. The molecule has 0 radical (unpaired) electrons. The van der Waals surface area contributed by atoms with Gasteiger partial charge in [0.25, 0.3) is 0 Å². The van der Waals surface area contributed by atoms with Crippen LogP contribution in [-0.4, -0.2) is 25.4 Å². The van der Waals surface area contributed by atoms with Gasteiger partial charge in [-0.15, -0.1) is 0 Å². The third-order valence-corrected chi connectivity index (χ3v) is 4.34. The van der Waals surface area contributed by atoms with Crippen molar-refractivity contribution >= 4 is 12.2 Å². The van der Waals surface area contributed by atoms with E-state index < -0.39 is 6.10 Å². The topological polar surface area (TPSA) is 38.7 Å². The summed E-state index contributed by atoms with van der Waals surface area (Å²) in [5, 5.41) is 10.6. The molecule has 0 unspecified atom stereocenters. The van der Waals surface area contributed by atoms with Crippen molar-refractivity contribution in [3.05, 3.63) is 70.8 Å². The Morgan fingerprint density at radius 1 is 0.750 bits per heavy atom. The normalized spacial score (nSPS) is 18.3. The van der Waals surface area contributed by atoms with E-state index in [-0.39, 0.29) is 0 Å². The molecule has 0 aromatic heterocycles. The minimum Gasteiger partial charge on any atom is -0.497 e. The minimum atomic E-state index is -0.505. The van der Waals surface area contributed by atoms with Gasteiger partial charge in [0.15, 0.2) is 0 Å². The number of ether oxygens (including phenoxy) is 2. The van der Waals surface area contributed by atoms with Crippen molar-refractivity contribution in [1.29, 1.82) is 0 Å². The molecule has 0 spiro atoms. The Bertz CT molecular complexity index is 674. The first-order chi connectivity index (χ1) is 11.7. The van der Waals surface area contributed by atoms with Gasteiger partial charge in [-0.05, 0) is 59.4 Å². The van der Waals surface area contributed by atoms with Gasteiger partial charge in [0.2, 0.25) is 0 Å². The summed E-state index contributed by atoms with van der Waals surface area (Å²) >= 11 is 0. The van der Waals surface area contributed by atoms with E-state index in [0.717, 1.165) is 46.6 Å². The fourth-order valence-electron chi connectivity index (χ4n) is 2.93. The standard InChI is InChI=1S/C21H22O3/c1-23-19-9-3-15(4-10-19)13-17-7-8-18(21(17)22)14-16-5-11-20(24-2)12-6-16/h3-6,9-14,21-22H,7-8H2,1-2H3/b17-13-,18-14-. The first kappa shape index (κ1) is 16.3. The van der Waals surface area contributed by atoms with Gasteiger partial charge < -0.3 is 14.6 Å². The molecule has 0 saturated heterocycles. The second-order valence-electron chi connectivity index (χ2n) is 5.89. The number of hydrogen-bond acceptors (Lipinski definition) is 3. The molecule has 3 heteroatoms. The van der Waals surface area contributed by atoms with E-state index in [1.54, 1.807) is 14.2 Å². The summed E-state index contributed by atoms with van der Waals surface area (Å²) in [5.41, 5.74) is 4.27. The zero-order valence-electron chi connectivity index (χ0n) is 14.0. The lowest BCUT2D eigenvalue weighted by Crippen LogP contribution is -2.04. The van der Waals surface area contributed by atoms with E-state index in [2.05, 4.69) is 12.2 Å². The first-order valence-electron chi connectivity index (χ1n) is 8.06. The molecule has 124 valence electrons. The van der Waals surface area contributed by atoms with E-state index in [4.69, 9.17) is 9.47 Å². The highest BCUT2D eigenvalue weighted by Gasteiger charge is 2.23. The highest BCUT2D eigenvalue weighted by molar-refractivity contribution is 5.62. The van der Waals surface area contributed by atoms with Gasteiger partial charge in [-0.3, -0.25) is 0 Å². The van der Waals surface area contributed by atoms with Gasteiger partial charge in [-0.1, -0.05) is 36.4 Å². The summed E-state index contributed by atoms with van der Waals surface area (Å²) in [6.45, 7) is 0. The van der Waals surface area contributed by atoms with Gasteiger partial charge in [0.1, 0.15) is 11.5 Å². The molecule has 3 nitrogen and oxygen atoms in total. The SMILES string of the molecule is COc1ccc(/C=C2/CC/C(=C/c3ccc(OC)cc3)C2O)cc1. The van der Waals surface area contributed by atoms with E-state index in [0.29, 0.717) is 0 Å². The molecule has 0 aliphatic heterocycles. The van der Waals surface area contributed by atoms with Gasteiger partial charge in [0, 0.05) is 0 Å². The Morgan fingerprint density at radius 3 is 1.46 bits per heavy atom. The smallest absolute Gasteiger partial charge is 0.118 e. The highest BCUT2D eigenvalue weighted by atomic mass is 16.5. The zero-order valence-corrected chi connectivity index (χ0v) is 14.0. The lowest BCUT2D eigenvalue weighted by molar-refractivity contribution is 0.257. The summed E-state index contributed by atoms with van der Waals surface area (Å²) < 4.78 is 10.3. The van der Waals surface area contributed by atoms with Crippen LogP contribution in [0.3, 0.4) is 0 Å². The van der Waals surface area contributed by atoms with Crippen LogP contribution in [0, 0.1) is 0 Å². The molecule has 3 rings (SSSR count). The van der Waals surface area contributed by atoms with E-state index in [9.17, 15) is 5.11 Å². The van der Waals surface area contributed by atoms with Crippen LogP contribution in [0.5, 0.6) is 11.5 Å². The van der Waals surface area contributed by atoms with Crippen LogP contribution in [0.15, 0.2) is 59.7 Å². The number of methoxy groups -OCH3 is 2. The van der Waals surface area contributed by atoms with Crippen molar-refractivity contribution in [3.8, 4) is 11.5 Å². The Morgan fingerprint density at radius 2 is 1.12 bits per heavy atom. The third kappa shape index (κ3) is 3.69. The van der Waals surface area contributed by atoms with Crippen LogP contribution in [0.2, 0.25) is 0 Å². The van der Waals surface area contributed by atoms with E-state index in [1.807, 2.05) is 48.5 Å². The second-order valence-corrected chi connectivity index (χ2v) is 5.89. The Hall–Kier alpha value is -2.52. The Labute approximate surface area is 142 Å². The predicted molar refractivity (Wildman–Crippen MR) is 97.2 cm³/mol. The van der Waals surface area contributed by atoms with Crippen molar-refractivity contribution in [2.45, 2.75) is 18.9 Å². The Balaban J connectivity index is 1.76. The van der Waals surface area contributed by atoms with Gasteiger partial charge in [-0.25, -0.2) is 0 Å². The number of aliphatic hydroxyl groups is 1. The molecule has 1 saturated carbocycles. The van der Waals surface area contributed by atoms with Crippen molar-refractivity contribution in [2.75, 3.05) is 14.2 Å². The van der Waals surface area contributed by atoms with Crippen molar-refractivity contribution in [3.63, 3.8) is 0 Å². The van der Waals surface area contributed by atoms with Gasteiger partial charge in [0.05, 0.1) is 20.3 Å². The first-order valence-corrected chi connectivity index (χ1v) is 8.06. The zero-order chi connectivity index (χ0) is 16.9. The lowest BCUT2D eigenvalue weighted by atomic mass is 10.0. The average Bonchev–Trinajstić information content (AvgIpc) is 2.96. The molecule has 1 aliphatic rings. The quantitative estimate of drug-likeness (QED) is 0.911. The van der Waals surface area contributed by atoms with Gasteiger partial charge >= 0.3 is 0 Å². The molecule has 1 N–H and O–H groups in total. The highest BCUT2D eigenvalue weighted by Crippen LogP contribution is 2.33. The maximum atomic E-state index is 10.6. The Kier molecular flexibility index (Phi) is 5.02. The van der Waals surface area contributed by atoms with Crippen LogP contribution < -0.4 is 9.47 Å². The fraction of sp³-hybridized carbons (Fsp3) is 0.238. The summed E-state index contributed by atoms with van der Waals surface area (Å²) in [4.78, 5) is 0. The van der Waals surface area contributed by atoms with Crippen LogP contribution in [-0.2, 0) is 0 Å². The molecule has 0 bridgehead atoms. The summed E-state index contributed by atoms with van der Waals surface area (Å²) in [7, 11) is 3.31. The van der Waals surface area contributed by atoms with Crippen molar-refractivity contribution in [1.82, 2.24) is 0 Å². The molecular weight excluding hydrogens is 300 g/mol. The number of aliphatic hydroxyl groups excluding tert-OH is 1. The third-order valence-electron chi connectivity index (χ3n) is 4.34. The fourth-order valence-corrected chi connectivity index (χ4v) is 2.93. The maximum Gasteiger partial charge on any atom is 0.118 e. The molecule has 1 aliphatic carbocycles. The van der Waals surface area contributed by atoms with Gasteiger partial charge in [-0.2, -0.15) is 0 Å². The summed E-state index contributed by atoms with van der Waals surface area (Å²) in [5.74, 6) is 1.67. The van der Waals surface area contributed by atoms with E-state index >= 15 is 0 Å². The van der Waals surface area contributed by atoms with Crippen LogP contribution in [0.4, 0.5) is 0 Å². The summed E-state index contributed by atoms with van der Waals surface area (Å²) in [6, 6.07) is 15.7. The van der Waals surface area contributed by atoms with E-state index in [1.165, 1.54) is 0 Å². The molecule has 0 heterocycles. The predicted octanol–water partition coefficient (Wildman–Crippen LogP) is 4.33. The van der Waals surface area contributed by atoms with Crippen LogP contribution in [0.25, 0.3) is 12.2 Å². The van der Waals surface area contributed by atoms with Crippen LogP contribution >= 0.6 is 0 Å².